The van der Waals surface area contributed by atoms with Crippen molar-refractivity contribution in [3.63, 3.8) is 0 Å². The molecule has 10 heteroatoms. The molecule has 2 rings (SSSR count). The highest BCUT2D eigenvalue weighted by atomic mass is 32.1. The molecule has 0 saturated carbocycles. The molecule has 4 N–H and O–H groups in total. The molecule has 0 aliphatic carbocycles. The van der Waals surface area contributed by atoms with Crippen LogP contribution in [0.15, 0.2) is 0 Å². The molecule has 2 aliphatic rings. The third kappa shape index (κ3) is 4.88. The van der Waals surface area contributed by atoms with Gasteiger partial charge in [0.1, 0.15) is 18.1 Å². The maximum atomic E-state index is 12.5. The van der Waals surface area contributed by atoms with Crippen LogP contribution in [0.1, 0.15) is 32.6 Å². The first-order chi connectivity index (χ1) is 12.3. The van der Waals surface area contributed by atoms with Gasteiger partial charge in [0, 0.05) is 12.3 Å². The van der Waals surface area contributed by atoms with Crippen molar-refractivity contribution in [3.8, 4) is 0 Å². The number of aliphatic carboxylic acids is 1. The molecular formula is C16H26N4O5S. The number of carbonyl (C=O) groups is 4. The number of hydrogen-bond acceptors (Lipinski definition) is 6. The average molecular weight is 386 g/mol. The molecule has 4 unspecified atom stereocenters. The van der Waals surface area contributed by atoms with E-state index in [1.807, 2.05) is 0 Å². The molecule has 146 valence electrons. The van der Waals surface area contributed by atoms with E-state index >= 15 is 0 Å². The van der Waals surface area contributed by atoms with Crippen LogP contribution in [0.5, 0.6) is 0 Å². The van der Waals surface area contributed by atoms with Gasteiger partial charge in [-0.3, -0.25) is 14.4 Å². The number of likely N-dealkylation sites (tertiary alicyclic amines) is 1. The zero-order chi connectivity index (χ0) is 19.3. The number of carboxylic acid groups (broad SMARTS) is 1. The number of amides is 3. The summed E-state index contributed by atoms with van der Waals surface area (Å²) in [5.41, 5.74) is 0. The van der Waals surface area contributed by atoms with Crippen LogP contribution in [-0.4, -0.2) is 76.7 Å². The van der Waals surface area contributed by atoms with E-state index in [-0.39, 0.29) is 17.7 Å². The number of hydrogen-bond donors (Lipinski definition) is 5. The van der Waals surface area contributed by atoms with E-state index in [4.69, 9.17) is 0 Å². The summed E-state index contributed by atoms with van der Waals surface area (Å²) >= 11 is 4.11. The van der Waals surface area contributed by atoms with E-state index in [1.165, 1.54) is 11.8 Å². The van der Waals surface area contributed by atoms with Crippen molar-refractivity contribution in [2.45, 2.75) is 56.8 Å². The van der Waals surface area contributed by atoms with Gasteiger partial charge in [0.05, 0.1) is 6.04 Å². The first-order valence-electron chi connectivity index (χ1n) is 8.83. The van der Waals surface area contributed by atoms with Crippen LogP contribution in [0, 0.1) is 0 Å². The maximum absolute atomic E-state index is 12.5. The Bertz CT molecular complexity index is 567. The summed E-state index contributed by atoms with van der Waals surface area (Å²) < 4.78 is 0. The van der Waals surface area contributed by atoms with E-state index in [0.717, 1.165) is 13.0 Å². The molecule has 0 aromatic heterocycles. The van der Waals surface area contributed by atoms with E-state index in [2.05, 4.69) is 28.6 Å². The highest BCUT2D eigenvalue weighted by Gasteiger charge is 2.37. The largest absolute Gasteiger partial charge is 0.480 e. The number of carboxylic acids is 1. The fourth-order valence-corrected chi connectivity index (χ4v) is 3.54. The quantitative estimate of drug-likeness (QED) is 0.347. The van der Waals surface area contributed by atoms with Crippen LogP contribution in [0.25, 0.3) is 0 Å². The minimum absolute atomic E-state index is 0.0899. The molecule has 2 fully saturated rings. The van der Waals surface area contributed by atoms with Crippen molar-refractivity contribution in [2.24, 2.45) is 0 Å². The van der Waals surface area contributed by atoms with Gasteiger partial charge in [-0.15, -0.1) is 0 Å². The minimum Gasteiger partial charge on any atom is -0.480 e. The smallest absolute Gasteiger partial charge is 0.326 e. The normalized spacial score (nSPS) is 24.8. The first-order valence-corrected chi connectivity index (χ1v) is 9.46. The second kappa shape index (κ2) is 9.22. The highest BCUT2D eigenvalue weighted by Crippen LogP contribution is 2.18. The monoisotopic (exact) mass is 386 g/mol. The molecule has 2 saturated heterocycles. The molecule has 9 nitrogen and oxygen atoms in total. The Morgan fingerprint density at radius 2 is 1.96 bits per heavy atom. The number of nitrogens with one attached hydrogen (secondary N) is 3. The van der Waals surface area contributed by atoms with E-state index in [9.17, 15) is 24.3 Å². The van der Waals surface area contributed by atoms with Gasteiger partial charge in [-0.25, -0.2) is 4.79 Å². The van der Waals surface area contributed by atoms with Crippen molar-refractivity contribution < 1.29 is 24.3 Å². The standard InChI is InChI=1S/C16H26N4O5S/c1-9(15(23)20-7-3-5-12(20)16(24)25)18-14(22)11(8-26)19-13(21)10-4-2-6-17-10/h9-12,17,26H,2-8H2,1H3,(H,18,22)(H,19,21)(H,24,25). The fourth-order valence-electron chi connectivity index (χ4n) is 3.29. The summed E-state index contributed by atoms with van der Waals surface area (Å²) in [6.07, 6.45) is 2.65. The van der Waals surface area contributed by atoms with Crippen molar-refractivity contribution in [1.29, 1.82) is 0 Å². The van der Waals surface area contributed by atoms with E-state index in [0.29, 0.717) is 25.8 Å². The second-order valence-corrected chi connectivity index (χ2v) is 7.02. The first kappa shape index (κ1) is 20.5. The lowest BCUT2D eigenvalue weighted by molar-refractivity contribution is -0.149. The maximum Gasteiger partial charge on any atom is 0.326 e. The SMILES string of the molecule is CC(NC(=O)C(CS)NC(=O)C1CCCN1)C(=O)N1CCCC1C(=O)O. The van der Waals surface area contributed by atoms with Gasteiger partial charge in [-0.2, -0.15) is 12.6 Å². The third-order valence-electron chi connectivity index (χ3n) is 4.74. The summed E-state index contributed by atoms with van der Waals surface area (Å²) in [7, 11) is 0. The van der Waals surface area contributed by atoms with Crippen molar-refractivity contribution in [2.75, 3.05) is 18.8 Å². The molecule has 0 radical (unpaired) electrons. The Kier molecular flexibility index (Phi) is 7.27. The van der Waals surface area contributed by atoms with Gasteiger partial charge in [-0.1, -0.05) is 0 Å². The molecule has 0 bridgehead atoms. The van der Waals surface area contributed by atoms with Gasteiger partial charge in [-0.05, 0) is 39.2 Å². The summed E-state index contributed by atoms with van der Waals surface area (Å²) in [5, 5.41) is 17.4. The summed E-state index contributed by atoms with van der Waals surface area (Å²) in [4.78, 5) is 49.5. The number of carbonyl (C=O) groups excluding carboxylic acids is 3. The molecule has 2 heterocycles. The van der Waals surface area contributed by atoms with E-state index in [1.54, 1.807) is 0 Å². The molecule has 2 aliphatic heterocycles. The summed E-state index contributed by atoms with van der Waals surface area (Å²) in [5.74, 6) is -2.17. The van der Waals surface area contributed by atoms with Gasteiger partial charge >= 0.3 is 5.97 Å². The second-order valence-electron chi connectivity index (χ2n) is 6.65. The lowest BCUT2D eigenvalue weighted by atomic mass is 10.2. The predicted octanol–water partition coefficient (Wildman–Crippen LogP) is -1.27. The zero-order valence-corrected chi connectivity index (χ0v) is 15.6. The number of rotatable bonds is 7. The topological polar surface area (TPSA) is 128 Å². The van der Waals surface area contributed by atoms with Crippen molar-refractivity contribution >= 4 is 36.3 Å². The molecule has 26 heavy (non-hydrogen) atoms. The van der Waals surface area contributed by atoms with Gasteiger partial charge < -0.3 is 26.0 Å². The third-order valence-corrected chi connectivity index (χ3v) is 5.11. The molecule has 0 aromatic rings. The van der Waals surface area contributed by atoms with Gasteiger partial charge in [0.25, 0.3) is 0 Å². The van der Waals surface area contributed by atoms with Crippen molar-refractivity contribution in [3.05, 3.63) is 0 Å². The van der Waals surface area contributed by atoms with Crippen molar-refractivity contribution in [1.82, 2.24) is 20.9 Å². The van der Waals surface area contributed by atoms with Crippen LogP contribution < -0.4 is 16.0 Å². The van der Waals surface area contributed by atoms with Crippen LogP contribution >= 0.6 is 12.6 Å². The zero-order valence-electron chi connectivity index (χ0n) is 14.7. The van der Waals surface area contributed by atoms with E-state index < -0.39 is 35.9 Å². The molecule has 3 amide bonds. The van der Waals surface area contributed by atoms with Gasteiger partial charge in [0.2, 0.25) is 17.7 Å². The molecular weight excluding hydrogens is 360 g/mol. The predicted molar refractivity (Wildman–Crippen MR) is 96.8 cm³/mol. The Labute approximate surface area is 157 Å². The molecule has 0 spiro atoms. The van der Waals surface area contributed by atoms with Crippen LogP contribution in [0.2, 0.25) is 0 Å². The average Bonchev–Trinajstić information content (AvgIpc) is 3.29. The minimum atomic E-state index is -1.04. The number of nitrogens with zero attached hydrogens (tertiary/aromatic N) is 1. The van der Waals surface area contributed by atoms with Gasteiger partial charge in [0.15, 0.2) is 0 Å². The van der Waals surface area contributed by atoms with Crippen LogP contribution in [0.4, 0.5) is 0 Å². The Morgan fingerprint density at radius 1 is 1.23 bits per heavy atom. The number of thiol groups is 1. The summed E-state index contributed by atoms with van der Waals surface area (Å²) in [6, 6.07) is -2.91. The lowest BCUT2D eigenvalue weighted by Gasteiger charge is -2.26. The lowest BCUT2D eigenvalue weighted by Crippen LogP contribution is -2.56. The summed E-state index contributed by atoms with van der Waals surface area (Å²) in [6.45, 7) is 2.63. The van der Waals surface area contributed by atoms with Crippen LogP contribution in [0.3, 0.4) is 0 Å². The Hall–Kier alpha value is -1.81. The highest BCUT2D eigenvalue weighted by molar-refractivity contribution is 7.80. The molecule has 4 atom stereocenters. The Balaban J connectivity index is 1.90. The molecule has 0 aromatic carbocycles. The Morgan fingerprint density at radius 3 is 2.54 bits per heavy atom. The van der Waals surface area contributed by atoms with Crippen LogP contribution in [-0.2, 0) is 19.2 Å². The fraction of sp³-hybridized carbons (Fsp3) is 0.750.